The van der Waals surface area contributed by atoms with E-state index in [0.29, 0.717) is 24.3 Å². The third kappa shape index (κ3) is 5.08. The summed E-state index contributed by atoms with van der Waals surface area (Å²) in [5, 5.41) is 2.76. The summed E-state index contributed by atoms with van der Waals surface area (Å²) < 4.78 is 19.2. The molecule has 0 bridgehead atoms. The molecule has 0 fully saturated rings. The van der Waals surface area contributed by atoms with Crippen LogP contribution >= 0.6 is 0 Å². The number of para-hydroxylation sites is 1. The highest BCUT2D eigenvalue weighted by atomic mass is 19.1. The second-order valence-corrected chi connectivity index (χ2v) is 6.73. The largest absolute Gasteiger partial charge is 0.483 e. The molecule has 0 aliphatic heterocycles. The highest BCUT2D eigenvalue weighted by Crippen LogP contribution is 2.30. The maximum Gasteiger partial charge on any atom is 0.257 e. The van der Waals surface area contributed by atoms with E-state index in [4.69, 9.17) is 4.74 Å². The second kappa shape index (κ2) is 7.95. The molecule has 0 aliphatic rings. The van der Waals surface area contributed by atoms with Crippen LogP contribution in [0.15, 0.2) is 48.5 Å². The first-order valence-corrected chi connectivity index (χ1v) is 8.10. The fraction of sp³-hybridized carbons (Fsp3) is 0.350. The molecule has 2 aromatic carbocycles. The zero-order valence-corrected chi connectivity index (χ0v) is 14.4. The molecule has 2 rings (SSSR count). The average molecular weight is 329 g/mol. The third-order valence-electron chi connectivity index (χ3n) is 3.73. The Hall–Kier alpha value is -2.36. The van der Waals surface area contributed by atoms with E-state index >= 15 is 0 Å². The highest BCUT2D eigenvalue weighted by molar-refractivity contribution is 5.77. The first-order chi connectivity index (χ1) is 11.4. The van der Waals surface area contributed by atoms with E-state index in [2.05, 4.69) is 26.1 Å². The van der Waals surface area contributed by atoms with Crippen LogP contribution in [0, 0.1) is 5.82 Å². The molecule has 128 valence electrons. The summed E-state index contributed by atoms with van der Waals surface area (Å²) in [6.07, 6.45) is 0.455. The first-order valence-electron chi connectivity index (χ1n) is 8.10. The number of hydrogen-bond donors (Lipinski definition) is 1. The summed E-state index contributed by atoms with van der Waals surface area (Å²) in [5.74, 6) is 0.256. The lowest BCUT2D eigenvalue weighted by Crippen LogP contribution is -2.31. The number of benzene rings is 2. The minimum absolute atomic E-state index is 0.0512. The van der Waals surface area contributed by atoms with Gasteiger partial charge in [-0.1, -0.05) is 57.2 Å². The number of halogens is 1. The maximum atomic E-state index is 13.5. The number of rotatable bonds is 6. The minimum atomic E-state index is -0.248. The Morgan fingerprint density at radius 1 is 1.08 bits per heavy atom. The van der Waals surface area contributed by atoms with Gasteiger partial charge in [0.1, 0.15) is 11.6 Å². The van der Waals surface area contributed by atoms with E-state index in [1.807, 2.05) is 24.3 Å². The van der Waals surface area contributed by atoms with Gasteiger partial charge in [-0.3, -0.25) is 4.79 Å². The van der Waals surface area contributed by atoms with Crippen molar-refractivity contribution in [2.45, 2.75) is 32.6 Å². The summed E-state index contributed by atoms with van der Waals surface area (Å²) in [7, 11) is 0. The molecule has 0 radical (unpaired) electrons. The van der Waals surface area contributed by atoms with Crippen LogP contribution in [0.5, 0.6) is 5.75 Å². The highest BCUT2D eigenvalue weighted by Gasteiger charge is 2.18. The summed E-state index contributed by atoms with van der Waals surface area (Å²) in [6.45, 7) is 6.63. The molecule has 0 unspecified atom stereocenters. The molecule has 0 heterocycles. The number of carbonyl (C=O) groups excluding carboxylic acids is 1. The predicted molar refractivity (Wildman–Crippen MR) is 93.8 cm³/mol. The molecular formula is C20H24FNO2. The zero-order chi connectivity index (χ0) is 17.6. The van der Waals surface area contributed by atoms with Crippen molar-refractivity contribution in [3.8, 4) is 5.75 Å². The lowest BCUT2D eigenvalue weighted by molar-refractivity contribution is -0.123. The first kappa shape index (κ1) is 18.0. The van der Waals surface area contributed by atoms with Gasteiger partial charge in [0, 0.05) is 6.54 Å². The van der Waals surface area contributed by atoms with Crippen molar-refractivity contribution in [3.63, 3.8) is 0 Å². The van der Waals surface area contributed by atoms with Crippen LogP contribution in [0.1, 0.15) is 31.9 Å². The van der Waals surface area contributed by atoms with Crippen molar-refractivity contribution in [2.75, 3.05) is 13.2 Å². The van der Waals surface area contributed by atoms with Crippen LogP contribution in [0.4, 0.5) is 4.39 Å². The Bertz CT molecular complexity index is 692. The van der Waals surface area contributed by atoms with Crippen molar-refractivity contribution in [1.29, 1.82) is 0 Å². The van der Waals surface area contributed by atoms with Gasteiger partial charge in [0.05, 0.1) is 0 Å². The number of amides is 1. The molecule has 1 amide bonds. The van der Waals surface area contributed by atoms with Gasteiger partial charge in [-0.05, 0) is 35.1 Å². The average Bonchev–Trinajstić information content (AvgIpc) is 2.54. The Labute approximate surface area is 142 Å². The van der Waals surface area contributed by atoms with Gasteiger partial charge in [-0.2, -0.15) is 0 Å². The maximum absolute atomic E-state index is 13.5. The smallest absolute Gasteiger partial charge is 0.257 e. The number of ether oxygens (including phenoxy) is 1. The van der Waals surface area contributed by atoms with Crippen LogP contribution in [-0.4, -0.2) is 19.1 Å². The lowest BCUT2D eigenvalue weighted by Gasteiger charge is -2.22. The van der Waals surface area contributed by atoms with E-state index in [9.17, 15) is 9.18 Å². The van der Waals surface area contributed by atoms with Gasteiger partial charge in [0.25, 0.3) is 5.91 Å². The monoisotopic (exact) mass is 329 g/mol. The molecule has 1 N–H and O–H groups in total. The molecule has 0 aliphatic carbocycles. The van der Waals surface area contributed by atoms with Crippen LogP contribution in [0.2, 0.25) is 0 Å². The van der Waals surface area contributed by atoms with Crippen LogP contribution in [0.25, 0.3) is 0 Å². The summed E-state index contributed by atoms with van der Waals surface area (Å²) in [6, 6.07) is 14.3. The quantitative estimate of drug-likeness (QED) is 0.874. The van der Waals surface area contributed by atoms with Gasteiger partial charge in [-0.15, -0.1) is 0 Å². The van der Waals surface area contributed by atoms with Gasteiger partial charge < -0.3 is 10.1 Å². The Morgan fingerprint density at radius 2 is 1.75 bits per heavy atom. The normalized spacial score (nSPS) is 11.2. The van der Waals surface area contributed by atoms with Gasteiger partial charge in [0.15, 0.2) is 6.61 Å². The molecule has 3 nitrogen and oxygen atoms in total. The van der Waals surface area contributed by atoms with Crippen LogP contribution in [-0.2, 0) is 16.6 Å². The van der Waals surface area contributed by atoms with Crippen LogP contribution in [0.3, 0.4) is 0 Å². The summed E-state index contributed by atoms with van der Waals surface area (Å²) in [4.78, 5) is 11.9. The molecule has 0 aromatic heterocycles. The number of carbonyl (C=O) groups is 1. The molecule has 4 heteroatoms. The van der Waals surface area contributed by atoms with Crippen molar-refractivity contribution < 1.29 is 13.9 Å². The molecule has 24 heavy (non-hydrogen) atoms. The second-order valence-electron chi connectivity index (χ2n) is 6.73. The zero-order valence-electron chi connectivity index (χ0n) is 14.4. The standard InChI is InChI=1S/C20H24FNO2/c1-20(2,3)16-9-5-7-11-18(16)24-14-19(23)22-13-12-15-8-4-6-10-17(15)21/h4-11H,12-14H2,1-3H3,(H,22,23). The minimum Gasteiger partial charge on any atom is -0.483 e. The van der Waals surface area contributed by atoms with Crippen molar-refractivity contribution in [2.24, 2.45) is 0 Å². The SMILES string of the molecule is CC(C)(C)c1ccccc1OCC(=O)NCCc1ccccc1F. The molecule has 0 saturated carbocycles. The number of nitrogens with one attached hydrogen (secondary N) is 1. The van der Waals surface area contributed by atoms with Gasteiger partial charge in [0.2, 0.25) is 0 Å². The van der Waals surface area contributed by atoms with E-state index in [1.54, 1.807) is 18.2 Å². The molecule has 2 aromatic rings. The number of hydrogen-bond acceptors (Lipinski definition) is 2. The Morgan fingerprint density at radius 3 is 2.46 bits per heavy atom. The lowest BCUT2D eigenvalue weighted by atomic mass is 9.86. The Balaban J connectivity index is 1.83. The van der Waals surface area contributed by atoms with Crippen molar-refractivity contribution >= 4 is 5.91 Å². The molecule has 0 atom stereocenters. The van der Waals surface area contributed by atoms with E-state index < -0.39 is 0 Å². The molecule has 0 saturated heterocycles. The fourth-order valence-electron chi connectivity index (χ4n) is 2.44. The van der Waals surface area contributed by atoms with E-state index in [-0.39, 0.29) is 23.7 Å². The van der Waals surface area contributed by atoms with E-state index in [1.165, 1.54) is 6.07 Å². The van der Waals surface area contributed by atoms with E-state index in [0.717, 1.165) is 5.56 Å². The van der Waals surface area contributed by atoms with Gasteiger partial charge >= 0.3 is 0 Å². The topological polar surface area (TPSA) is 38.3 Å². The fourth-order valence-corrected chi connectivity index (χ4v) is 2.44. The Kier molecular flexibility index (Phi) is 5.96. The van der Waals surface area contributed by atoms with Crippen molar-refractivity contribution in [1.82, 2.24) is 5.32 Å². The summed E-state index contributed by atoms with van der Waals surface area (Å²) >= 11 is 0. The van der Waals surface area contributed by atoms with Crippen LogP contribution < -0.4 is 10.1 Å². The predicted octanol–water partition coefficient (Wildman–Crippen LogP) is 3.86. The molecule has 0 spiro atoms. The van der Waals surface area contributed by atoms with Crippen molar-refractivity contribution in [3.05, 3.63) is 65.5 Å². The molecular weight excluding hydrogens is 305 g/mol. The van der Waals surface area contributed by atoms with Gasteiger partial charge in [-0.25, -0.2) is 4.39 Å². The third-order valence-corrected chi connectivity index (χ3v) is 3.73. The summed E-state index contributed by atoms with van der Waals surface area (Å²) in [5.41, 5.74) is 1.60.